The van der Waals surface area contributed by atoms with Gasteiger partial charge in [-0.25, -0.2) is 0 Å². The average Bonchev–Trinajstić information content (AvgIpc) is 2.72. The summed E-state index contributed by atoms with van der Waals surface area (Å²) in [4.78, 5) is 26.8. The second-order valence-corrected chi connectivity index (χ2v) is 6.97. The summed E-state index contributed by atoms with van der Waals surface area (Å²) in [5.74, 6) is 0.177. The fourth-order valence-electron chi connectivity index (χ4n) is 3.00. The molecule has 0 aliphatic carbocycles. The van der Waals surface area contributed by atoms with E-state index in [2.05, 4.69) is 5.32 Å². The number of hydrogen-bond acceptors (Lipinski definition) is 3. The van der Waals surface area contributed by atoms with Gasteiger partial charge in [-0.05, 0) is 49.1 Å². The summed E-state index contributed by atoms with van der Waals surface area (Å²) in [7, 11) is 1.58. The molecular weight excluding hydrogens is 376 g/mol. The zero-order valence-corrected chi connectivity index (χ0v) is 17.3. The van der Waals surface area contributed by atoms with Crippen LogP contribution in [-0.4, -0.2) is 43.0 Å². The quantitative estimate of drug-likeness (QED) is 0.696. The fraction of sp³-hybridized carbons (Fsp3) is 0.364. The zero-order valence-electron chi connectivity index (χ0n) is 16.6. The largest absolute Gasteiger partial charge is 0.484 e. The molecule has 0 saturated heterocycles. The highest BCUT2D eigenvalue weighted by molar-refractivity contribution is 6.31. The Hall–Kier alpha value is -2.53. The summed E-state index contributed by atoms with van der Waals surface area (Å²) in [5, 5.41) is 3.30. The lowest BCUT2D eigenvalue weighted by molar-refractivity contribution is -0.142. The highest BCUT2D eigenvalue weighted by atomic mass is 35.5. The first-order valence-corrected chi connectivity index (χ1v) is 9.78. The maximum atomic E-state index is 12.9. The first-order valence-electron chi connectivity index (χ1n) is 9.40. The summed E-state index contributed by atoms with van der Waals surface area (Å²) >= 11 is 6.03. The Morgan fingerprint density at radius 1 is 1.18 bits per heavy atom. The summed E-state index contributed by atoms with van der Waals surface area (Å²) in [6.07, 6.45) is 1.19. The standard InChI is InChI=1S/C22H27ClN2O3/c1-4-20(22(27)24-3)25(13-12-17-8-6-5-7-9-17)21(26)15-28-18-10-11-19(23)16(2)14-18/h5-11,14,20H,4,12-13,15H2,1-3H3,(H,24,27)/t20-/m1/s1. The molecule has 6 heteroatoms. The molecule has 0 aromatic heterocycles. The molecule has 2 aromatic carbocycles. The summed E-state index contributed by atoms with van der Waals surface area (Å²) in [6, 6.07) is 14.6. The van der Waals surface area contributed by atoms with Gasteiger partial charge in [0, 0.05) is 18.6 Å². The maximum Gasteiger partial charge on any atom is 0.261 e. The molecule has 0 unspecified atom stereocenters. The molecular formula is C22H27ClN2O3. The Morgan fingerprint density at radius 2 is 1.89 bits per heavy atom. The van der Waals surface area contributed by atoms with Crippen LogP contribution in [0.25, 0.3) is 0 Å². The van der Waals surface area contributed by atoms with Crippen molar-refractivity contribution < 1.29 is 14.3 Å². The molecule has 0 bridgehead atoms. The van der Waals surface area contributed by atoms with E-state index in [1.165, 1.54) is 0 Å². The van der Waals surface area contributed by atoms with Crippen molar-refractivity contribution in [3.05, 3.63) is 64.7 Å². The van der Waals surface area contributed by atoms with Crippen molar-refractivity contribution in [1.29, 1.82) is 0 Å². The van der Waals surface area contributed by atoms with Crippen LogP contribution in [0.15, 0.2) is 48.5 Å². The van der Waals surface area contributed by atoms with Gasteiger partial charge in [0.25, 0.3) is 5.91 Å². The number of nitrogens with zero attached hydrogens (tertiary/aromatic N) is 1. The predicted molar refractivity (Wildman–Crippen MR) is 112 cm³/mol. The molecule has 5 nitrogen and oxygen atoms in total. The van der Waals surface area contributed by atoms with Crippen LogP contribution in [0.3, 0.4) is 0 Å². The third-order valence-corrected chi connectivity index (χ3v) is 5.03. The first kappa shape index (κ1) is 21.8. The van der Waals surface area contributed by atoms with Crippen LogP contribution in [0.1, 0.15) is 24.5 Å². The lowest BCUT2D eigenvalue weighted by atomic mass is 10.1. The number of carbonyl (C=O) groups excluding carboxylic acids is 2. The Balaban J connectivity index is 2.10. The number of benzene rings is 2. The number of hydrogen-bond donors (Lipinski definition) is 1. The van der Waals surface area contributed by atoms with Crippen LogP contribution in [0.2, 0.25) is 5.02 Å². The second-order valence-electron chi connectivity index (χ2n) is 6.56. The Morgan fingerprint density at radius 3 is 2.50 bits per heavy atom. The van der Waals surface area contributed by atoms with Gasteiger partial charge in [-0.1, -0.05) is 48.9 Å². The van der Waals surface area contributed by atoms with E-state index < -0.39 is 6.04 Å². The number of aryl methyl sites for hydroxylation is 1. The van der Waals surface area contributed by atoms with Gasteiger partial charge < -0.3 is 15.0 Å². The number of nitrogens with one attached hydrogen (secondary N) is 1. The molecule has 0 radical (unpaired) electrons. The average molecular weight is 403 g/mol. The van der Waals surface area contributed by atoms with E-state index in [0.29, 0.717) is 30.2 Å². The highest BCUT2D eigenvalue weighted by Gasteiger charge is 2.27. The minimum atomic E-state index is -0.531. The number of rotatable bonds is 9. The molecule has 0 spiro atoms. The molecule has 1 N–H and O–H groups in total. The van der Waals surface area contributed by atoms with Crippen molar-refractivity contribution in [2.45, 2.75) is 32.7 Å². The van der Waals surface area contributed by atoms with Crippen LogP contribution in [0.5, 0.6) is 5.75 Å². The van der Waals surface area contributed by atoms with Gasteiger partial charge in [0.1, 0.15) is 11.8 Å². The van der Waals surface area contributed by atoms with Gasteiger partial charge in [0.05, 0.1) is 0 Å². The van der Waals surface area contributed by atoms with E-state index >= 15 is 0 Å². The SMILES string of the molecule is CC[C@H](C(=O)NC)N(CCc1ccccc1)C(=O)COc1ccc(Cl)c(C)c1. The molecule has 1 atom stereocenters. The molecule has 28 heavy (non-hydrogen) atoms. The summed E-state index contributed by atoms with van der Waals surface area (Å²) in [6.45, 7) is 4.08. The molecule has 2 rings (SSSR count). The number of amides is 2. The number of likely N-dealkylation sites (N-methyl/N-ethyl adjacent to an activating group) is 1. The van der Waals surface area contributed by atoms with E-state index in [9.17, 15) is 9.59 Å². The van der Waals surface area contributed by atoms with Gasteiger partial charge in [-0.2, -0.15) is 0 Å². The van der Waals surface area contributed by atoms with E-state index in [1.54, 1.807) is 30.1 Å². The summed E-state index contributed by atoms with van der Waals surface area (Å²) in [5.41, 5.74) is 1.99. The highest BCUT2D eigenvalue weighted by Crippen LogP contribution is 2.21. The maximum absolute atomic E-state index is 12.9. The molecule has 150 valence electrons. The Bertz CT molecular complexity index is 796. The third kappa shape index (κ3) is 5.99. The van der Waals surface area contributed by atoms with Crippen molar-refractivity contribution in [3.8, 4) is 5.75 Å². The normalized spacial score (nSPS) is 11.6. The van der Waals surface area contributed by atoms with Crippen molar-refractivity contribution in [2.24, 2.45) is 0 Å². The summed E-state index contributed by atoms with van der Waals surface area (Å²) < 4.78 is 5.66. The van der Waals surface area contributed by atoms with Crippen molar-refractivity contribution in [2.75, 3.05) is 20.2 Å². The third-order valence-electron chi connectivity index (χ3n) is 4.61. The molecule has 0 saturated carbocycles. The van der Waals surface area contributed by atoms with Gasteiger partial charge in [-0.15, -0.1) is 0 Å². The molecule has 0 heterocycles. The van der Waals surface area contributed by atoms with E-state index in [1.807, 2.05) is 44.2 Å². The van der Waals surface area contributed by atoms with Crippen LogP contribution in [0, 0.1) is 6.92 Å². The lowest BCUT2D eigenvalue weighted by Crippen LogP contribution is -2.50. The van der Waals surface area contributed by atoms with Crippen molar-refractivity contribution in [3.63, 3.8) is 0 Å². The fourth-order valence-corrected chi connectivity index (χ4v) is 3.12. The topological polar surface area (TPSA) is 58.6 Å². The van der Waals surface area contributed by atoms with Crippen molar-refractivity contribution >= 4 is 23.4 Å². The van der Waals surface area contributed by atoms with E-state index in [4.69, 9.17) is 16.3 Å². The van der Waals surface area contributed by atoms with Gasteiger partial charge >= 0.3 is 0 Å². The number of halogens is 1. The van der Waals surface area contributed by atoms with Crippen LogP contribution in [-0.2, 0) is 16.0 Å². The smallest absolute Gasteiger partial charge is 0.261 e. The Kier molecular flexibility index (Phi) is 8.33. The predicted octanol–water partition coefficient (Wildman–Crippen LogP) is 3.62. The minimum Gasteiger partial charge on any atom is -0.484 e. The first-order chi connectivity index (χ1) is 13.5. The van der Waals surface area contributed by atoms with Crippen molar-refractivity contribution in [1.82, 2.24) is 10.2 Å². The molecule has 2 aromatic rings. The number of ether oxygens (including phenoxy) is 1. The minimum absolute atomic E-state index is 0.136. The zero-order chi connectivity index (χ0) is 20.5. The van der Waals surface area contributed by atoms with E-state index in [-0.39, 0.29) is 18.4 Å². The van der Waals surface area contributed by atoms with Gasteiger partial charge in [0.15, 0.2) is 6.61 Å². The molecule has 0 fully saturated rings. The van der Waals surface area contributed by atoms with Gasteiger partial charge in [-0.3, -0.25) is 9.59 Å². The molecule has 0 aliphatic heterocycles. The molecule has 0 aliphatic rings. The monoisotopic (exact) mass is 402 g/mol. The second kappa shape index (κ2) is 10.7. The Labute approximate surface area is 171 Å². The lowest BCUT2D eigenvalue weighted by Gasteiger charge is -2.30. The van der Waals surface area contributed by atoms with Gasteiger partial charge in [0.2, 0.25) is 5.91 Å². The van der Waals surface area contributed by atoms with Crippen LogP contribution in [0.4, 0.5) is 0 Å². The number of carbonyl (C=O) groups is 2. The van der Waals surface area contributed by atoms with E-state index in [0.717, 1.165) is 11.1 Å². The van der Waals surface area contributed by atoms with Crippen LogP contribution < -0.4 is 10.1 Å². The molecule has 2 amide bonds. The van der Waals surface area contributed by atoms with Crippen LogP contribution >= 0.6 is 11.6 Å².